The average molecular weight is 286 g/mol. The summed E-state index contributed by atoms with van der Waals surface area (Å²) in [5.41, 5.74) is 6.56. The Bertz CT molecular complexity index is 688. The molecule has 1 aromatic heterocycles. The summed E-state index contributed by atoms with van der Waals surface area (Å²) in [5, 5.41) is 12.8. The van der Waals surface area contributed by atoms with E-state index in [-0.39, 0.29) is 13.2 Å². The van der Waals surface area contributed by atoms with E-state index in [1.807, 2.05) is 6.07 Å². The van der Waals surface area contributed by atoms with Gasteiger partial charge in [-0.1, -0.05) is 0 Å². The van der Waals surface area contributed by atoms with Gasteiger partial charge in [0.1, 0.15) is 24.7 Å². The van der Waals surface area contributed by atoms with Gasteiger partial charge in [-0.3, -0.25) is 9.48 Å². The van der Waals surface area contributed by atoms with Crippen LogP contribution >= 0.6 is 0 Å². The minimum absolute atomic E-state index is 0.0221. The first kappa shape index (κ1) is 14.4. The van der Waals surface area contributed by atoms with Crippen molar-refractivity contribution in [3.63, 3.8) is 0 Å². The lowest BCUT2D eigenvalue weighted by atomic mass is 10.1. The first-order valence-corrected chi connectivity index (χ1v) is 6.14. The summed E-state index contributed by atoms with van der Waals surface area (Å²) in [7, 11) is 1.51. The molecule has 2 rings (SSSR count). The lowest BCUT2D eigenvalue weighted by Crippen LogP contribution is -2.14. The second-order valence-electron chi connectivity index (χ2n) is 4.24. The Morgan fingerprint density at radius 2 is 2.29 bits per heavy atom. The van der Waals surface area contributed by atoms with Gasteiger partial charge in [-0.15, -0.1) is 0 Å². The normalized spacial score (nSPS) is 9.90. The number of benzene rings is 1. The number of anilines is 1. The number of carbonyl (C=O) groups excluding carboxylic acids is 1. The summed E-state index contributed by atoms with van der Waals surface area (Å²) in [6, 6.07) is 8.54. The van der Waals surface area contributed by atoms with Gasteiger partial charge < -0.3 is 15.2 Å². The number of carbonyl (C=O) groups is 1. The lowest BCUT2D eigenvalue weighted by molar-refractivity contribution is -0.145. The van der Waals surface area contributed by atoms with E-state index in [9.17, 15) is 4.79 Å². The predicted octanol–water partition coefficient (Wildman–Crippen LogP) is 1.09. The van der Waals surface area contributed by atoms with E-state index >= 15 is 0 Å². The number of nitrogens with two attached hydrogens (primary N) is 1. The molecule has 21 heavy (non-hydrogen) atoms. The van der Waals surface area contributed by atoms with Crippen molar-refractivity contribution in [1.82, 2.24) is 9.78 Å². The smallest absolute Gasteiger partial charge is 0.328 e. The fraction of sp³-hybridized carbons (Fsp3) is 0.214. The topological polar surface area (TPSA) is 103 Å². The predicted molar refractivity (Wildman–Crippen MR) is 74.1 cm³/mol. The zero-order valence-electron chi connectivity index (χ0n) is 11.4. The number of rotatable bonds is 5. The summed E-state index contributed by atoms with van der Waals surface area (Å²) in [6.45, 7) is -0.00820. The number of esters is 1. The summed E-state index contributed by atoms with van der Waals surface area (Å²) in [5.74, 6) is 0.443. The molecule has 0 spiro atoms. The SMILES string of the molecule is COc1ccc(C#N)cc1COC(=O)Cn1ccc(N)n1. The molecular formula is C14H14N4O3. The van der Waals surface area contributed by atoms with Crippen molar-refractivity contribution in [3.05, 3.63) is 41.6 Å². The number of ether oxygens (including phenoxy) is 2. The number of methoxy groups -OCH3 is 1. The van der Waals surface area contributed by atoms with Gasteiger partial charge >= 0.3 is 5.97 Å². The zero-order valence-corrected chi connectivity index (χ0v) is 11.4. The molecule has 108 valence electrons. The van der Waals surface area contributed by atoms with Crippen LogP contribution in [0.15, 0.2) is 30.5 Å². The van der Waals surface area contributed by atoms with Crippen LogP contribution in [0.25, 0.3) is 0 Å². The molecule has 2 aromatic rings. The van der Waals surface area contributed by atoms with Crippen LogP contribution in [0.1, 0.15) is 11.1 Å². The quantitative estimate of drug-likeness (QED) is 0.825. The molecule has 0 saturated carbocycles. The largest absolute Gasteiger partial charge is 0.496 e. The maximum absolute atomic E-state index is 11.7. The van der Waals surface area contributed by atoms with Crippen LogP contribution < -0.4 is 10.5 Å². The highest BCUT2D eigenvalue weighted by atomic mass is 16.5. The summed E-state index contributed by atoms with van der Waals surface area (Å²) in [6.07, 6.45) is 1.59. The van der Waals surface area contributed by atoms with Crippen molar-refractivity contribution in [2.75, 3.05) is 12.8 Å². The number of hydrogen-bond acceptors (Lipinski definition) is 6. The van der Waals surface area contributed by atoms with Crippen molar-refractivity contribution in [2.45, 2.75) is 13.2 Å². The molecule has 7 nitrogen and oxygen atoms in total. The van der Waals surface area contributed by atoms with E-state index in [0.717, 1.165) is 0 Å². The molecule has 0 saturated heterocycles. The maximum Gasteiger partial charge on any atom is 0.328 e. The third-order valence-corrected chi connectivity index (χ3v) is 2.75. The molecule has 0 aliphatic rings. The van der Waals surface area contributed by atoms with Crippen molar-refractivity contribution in [2.24, 2.45) is 0 Å². The Morgan fingerprint density at radius 1 is 1.48 bits per heavy atom. The van der Waals surface area contributed by atoms with Crippen molar-refractivity contribution < 1.29 is 14.3 Å². The van der Waals surface area contributed by atoms with Gasteiger partial charge in [0, 0.05) is 11.8 Å². The second-order valence-corrected chi connectivity index (χ2v) is 4.24. The van der Waals surface area contributed by atoms with E-state index in [0.29, 0.717) is 22.7 Å². The van der Waals surface area contributed by atoms with Crippen LogP contribution in [0.5, 0.6) is 5.75 Å². The third kappa shape index (κ3) is 3.73. The summed E-state index contributed by atoms with van der Waals surface area (Å²) in [4.78, 5) is 11.7. The van der Waals surface area contributed by atoms with Gasteiger partial charge in [-0.25, -0.2) is 0 Å². The van der Waals surface area contributed by atoms with Crippen LogP contribution in [0.3, 0.4) is 0 Å². The molecule has 2 N–H and O–H groups in total. The van der Waals surface area contributed by atoms with E-state index in [4.69, 9.17) is 20.5 Å². The molecule has 0 bridgehead atoms. The van der Waals surface area contributed by atoms with Crippen molar-refractivity contribution >= 4 is 11.8 Å². The lowest BCUT2D eigenvalue weighted by Gasteiger charge is -2.09. The van der Waals surface area contributed by atoms with E-state index in [1.165, 1.54) is 11.8 Å². The van der Waals surface area contributed by atoms with E-state index in [2.05, 4.69) is 5.10 Å². The number of nitriles is 1. The molecule has 0 fully saturated rings. The highest BCUT2D eigenvalue weighted by Crippen LogP contribution is 2.20. The third-order valence-electron chi connectivity index (χ3n) is 2.75. The molecule has 0 amide bonds. The Labute approximate surface area is 121 Å². The Hall–Kier alpha value is -3.01. The first-order valence-electron chi connectivity index (χ1n) is 6.14. The van der Waals surface area contributed by atoms with Crippen molar-refractivity contribution in [1.29, 1.82) is 5.26 Å². The fourth-order valence-electron chi connectivity index (χ4n) is 1.76. The molecule has 0 aliphatic carbocycles. The Balaban J connectivity index is 1.99. The Morgan fingerprint density at radius 3 is 2.90 bits per heavy atom. The highest BCUT2D eigenvalue weighted by Gasteiger charge is 2.09. The average Bonchev–Trinajstić information content (AvgIpc) is 2.89. The minimum atomic E-state index is -0.456. The molecule has 0 atom stereocenters. The van der Waals surface area contributed by atoms with E-state index in [1.54, 1.807) is 30.5 Å². The van der Waals surface area contributed by atoms with Gasteiger partial charge in [-0.05, 0) is 24.3 Å². The Kier molecular flexibility index (Phi) is 4.41. The monoisotopic (exact) mass is 286 g/mol. The highest BCUT2D eigenvalue weighted by molar-refractivity contribution is 5.69. The second kappa shape index (κ2) is 6.43. The van der Waals surface area contributed by atoms with Gasteiger partial charge in [0.05, 0.1) is 18.7 Å². The minimum Gasteiger partial charge on any atom is -0.496 e. The zero-order chi connectivity index (χ0) is 15.2. The standard InChI is InChI=1S/C14H14N4O3/c1-20-12-3-2-10(7-15)6-11(12)9-21-14(19)8-18-5-4-13(16)17-18/h2-6H,8-9H2,1H3,(H2,16,17). The van der Waals surface area contributed by atoms with Crippen LogP contribution in [-0.4, -0.2) is 22.9 Å². The molecule has 1 aromatic carbocycles. The number of nitrogens with zero attached hydrogens (tertiary/aromatic N) is 3. The van der Waals surface area contributed by atoms with Gasteiger partial charge in [0.2, 0.25) is 0 Å². The molecule has 0 aliphatic heterocycles. The van der Waals surface area contributed by atoms with Crippen LogP contribution in [0.4, 0.5) is 5.82 Å². The first-order chi connectivity index (χ1) is 10.1. The molecule has 0 unspecified atom stereocenters. The maximum atomic E-state index is 11.7. The summed E-state index contributed by atoms with van der Waals surface area (Å²) >= 11 is 0. The number of aromatic nitrogens is 2. The molecule has 7 heteroatoms. The van der Waals surface area contributed by atoms with Crippen LogP contribution in [0, 0.1) is 11.3 Å². The molecular weight excluding hydrogens is 272 g/mol. The van der Waals surface area contributed by atoms with E-state index < -0.39 is 5.97 Å². The number of hydrogen-bond donors (Lipinski definition) is 1. The summed E-state index contributed by atoms with van der Waals surface area (Å²) < 4.78 is 11.7. The fourth-order valence-corrected chi connectivity index (χ4v) is 1.76. The van der Waals surface area contributed by atoms with Gasteiger partial charge in [0.15, 0.2) is 0 Å². The molecule has 0 radical (unpaired) electrons. The molecule has 1 heterocycles. The van der Waals surface area contributed by atoms with Crippen LogP contribution in [0.2, 0.25) is 0 Å². The number of nitrogen functional groups attached to an aromatic ring is 1. The van der Waals surface area contributed by atoms with Crippen molar-refractivity contribution in [3.8, 4) is 11.8 Å². The van der Waals surface area contributed by atoms with Gasteiger partial charge in [-0.2, -0.15) is 10.4 Å². The van der Waals surface area contributed by atoms with Gasteiger partial charge in [0.25, 0.3) is 0 Å². The van der Waals surface area contributed by atoms with Crippen LogP contribution in [-0.2, 0) is 22.7 Å².